The third kappa shape index (κ3) is 7.47. The van der Waals surface area contributed by atoms with E-state index in [1.807, 2.05) is 77.1 Å². The number of sulfonamides is 1. The molecule has 1 N–H and O–H groups in total. The Morgan fingerprint density at radius 3 is 2.05 bits per heavy atom. The molecule has 2 amide bonds. The van der Waals surface area contributed by atoms with Crippen molar-refractivity contribution < 1.29 is 18.0 Å². The van der Waals surface area contributed by atoms with E-state index in [9.17, 15) is 18.0 Å². The number of nitrogens with one attached hydrogen (secondary N) is 1. The zero-order valence-electron chi connectivity index (χ0n) is 23.4. The van der Waals surface area contributed by atoms with Crippen LogP contribution in [0.3, 0.4) is 0 Å². The van der Waals surface area contributed by atoms with Crippen molar-refractivity contribution in [3.8, 4) is 0 Å². The first-order valence-corrected chi connectivity index (χ1v) is 14.8. The summed E-state index contributed by atoms with van der Waals surface area (Å²) >= 11 is 0. The summed E-state index contributed by atoms with van der Waals surface area (Å²) < 4.78 is 29.1. The molecule has 0 unspecified atom stereocenters. The average Bonchev–Trinajstić information content (AvgIpc) is 2.92. The highest BCUT2D eigenvalue weighted by Crippen LogP contribution is 2.27. The van der Waals surface area contributed by atoms with Crippen LogP contribution >= 0.6 is 0 Å². The van der Waals surface area contributed by atoms with Gasteiger partial charge in [-0.2, -0.15) is 0 Å². The van der Waals surface area contributed by atoms with Gasteiger partial charge in [0.2, 0.25) is 11.8 Å². The summed E-state index contributed by atoms with van der Waals surface area (Å²) in [5.41, 5.74) is 2.92. The second-order valence-corrected chi connectivity index (χ2v) is 11.7. The highest BCUT2D eigenvalue weighted by Gasteiger charge is 2.34. The molecule has 8 heteroatoms. The van der Waals surface area contributed by atoms with Crippen molar-refractivity contribution >= 4 is 27.5 Å². The minimum atomic E-state index is -4.09. The maximum absolute atomic E-state index is 14.1. The molecule has 0 aliphatic rings. The number of nitrogens with zero attached hydrogens (tertiary/aromatic N) is 2. The largest absolute Gasteiger partial charge is 0.352 e. The van der Waals surface area contributed by atoms with E-state index in [-0.39, 0.29) is 23.4 Å². The summed E-state index contributed by atoms with van der Waals surface area (Å²) in [5, 5.41) is 2.99. The predicted molar refractivity (Wildman–Crippen MR) is 156 cm³/mol. The second-order valence-electron chi connectivity index (χ2n) is 9.86. The lowest BCUT2D eigenvalue weighted by Crippen LogP contribution is -2.53. The highest BCUT2D eigenvalue weighted by atomic mass is 32.2. The lowest BCUT2D eigenvalue weighted by molar-refractivity contribution is -0.140. The molecule has 3 aromatic carbocycles. The summed E-state index contributed by atoms with van der Waals surface area (Å²) in [6, 6.07) is 22.3. The fraction of sp³-hybridized carbons (Fsp3) is 0.355. The zero-order chi connectivity index (χ0) is 28.6. The molecular weight excluding hydrogens is 510 g/mol. The molecule has 0 bridgehead atoms. The van der Waals surface area contributed by atoms with Crippen LogP contribution in [0.4, 0.5) is 5.69 Å². The monoisotopic (exact) mass is 549 g/mol. The number of amides is 2. The van der Waals surface area contributed by atoms with Crippen LogP contribution in [-0.4, -0.2) is 43.8 Å². The van der Waals surface area contributed by atoms with E-state index in [0.29, 0.717) is 12.1 Å². The van der Waals surface area contributed by atoms with Gasteiger partial charge < -0.3 is 10.2 Å². The molecular formula is C31H39N3O4S. The SMILES string of the molecule is CC[C@@H](C)NC(=O)[C@H](CC)N(Cc1ccccc1)C(=O)CN(c1ccccc1C)S(=O)(=O)c1ccc(C)cc1. The Morgan fingerprint density at radius 2 is 1.46 bits per heavy atom. The molecule has 0 radical (unpaired) electrons. The number of aryl methyl sites for hydroxylation is 2. The summed E-state index contributed by atoms with van der Waals surface area (Å²) in [6.07, 6.45) is 1.14. The predicted octanol–water partition coefficient (Wildman–Crippen LogP) is 5.22. The molecule has 0 heterocycles. The van der Waals surface area contributed by atoms with Gasteiger partial charge in [0.05, 0.1) is 10.6 Å². The van der Waals surface area contributed by atoms with E-state index in [4.69, 9.17) is 0 Å². The third-order valence-corrected chi connectivity index (χ3v) is 8.63. The molecule has 0 saturated heterocycles. The maximum atomic E-state index is 14.1. The summed E-state index contributed by atoms with van der Waals surface area (Å²) in [5.74, 6) is -0.705. The van der Waals surface area contributed by atoms with Crippen LogP contribution in [0.1, 0.15) is 50.3 Å². The quantitative estimate of drug-likeness (QED) is 0.336. The minimum Gasteiger partial charge on any atom is -0.352 e. The number of anilines is 1. The molecule has 7 nitrogen and oxygen atoms in total. The lowest BCUT2D eigenvalue weighted by Gasteiger charge is -2.34. The molecule has 2 atom stereocenters. The molecule has 3 aromatic rings. The topological polar surface area (TPSA) is 86.8 Å². The average molecular weight is 550 g/mol. The standard InChI is InChI=1S/C31H39N3O4S/c1-6-25(5)32-31(36)28(7-2)33(21-26-14-9-8-10-15-26)30(35)22-34(29-16-12-11-13-24(29)4)39(37,38)27-19-17-23(3)18-20-27/h8-20,25,28H,6-7,21-22H2,1-5H3,(H,32,36)/t25-,28+/m1/s1. The van der Waals surface area contributed by atoms with Crippen LogP contribution in [0.5, 0.6) is 0 Å². The van der Waals surface area contributed by atoms with Gasteiger partial charge in [0.25, 0.3) is 10.0 Å². The fourth-order valence-electron chi connectivity index (χ4n) is 4.33. The first kappa shape index (κ1) is 29.9. The van der Waals surface area contributed by atoms with Crippen LogP contribution < -0.4 is 9.62 Å². The smallest absolute Gasteiger partial charge is 0.264 e. The lowest BCUT2D eigenvalue weighted by atomic mass is 10.1. The molecule has 0 spiro atoms. The molecule has 0 aliphatic heterocycles. The van der Waals surface area contributed by atoms with Crippen molar-refractivity contribution in [1.82, 2.24) is 10.2 Å². The van der Waals surface area contributed by atoms with E-state index in [1.165, 1.54) is 4.90 Å². The molecule has 39 heavy (non-hydrogen) atoms. The maximum Gasteiger partial charge on any atom is 0.264 e. The fourth-order valence-corrected chi connectivity index (χ4v) is 5.81. The first-order valence-electron chi connectivity index (χ1n) is 13.4. The van der Waals surface area contributed by atoms with E-state index in [0.717, 1.165) is 27.4 Å². The van der Waals surface area contributed by atoms with Crippen molar-refractivity contribution in [2.75, 3.05) is 10.8 Å². The van der Waals surface area contributed by atoms with E-state index >= 15 is 0 Å². The number of carbonyl (C=O) groups excluding carboxylic acids is 2. The Bertz CT molecular complexity index is 1360. The zero-order valence-corrected chi connectivity index (χ0v) is 24.2. The Kier molecular flexibility index (Phi) is 10.3. The summed E-state index contributed by atoms with van der Waals surface area (Å²) in [6.45, 7) is 9.19. The first-order chi connectivity index (χ1) is 18.6. The van der Waals surface area contributed by atoms with E-state index in [2.05, 4.69) is 5.32 Å². The van der Waals surface area contributed by atoms with Crippen molar-refractivity contribution in [2.24, 2.45) is 0 Å². The molecule has 208 valence electrons. The number of para-hydroxylation sites is 1. The Balaban J connectivity index is 2.05. The second kappa shape index (κ2) is 13.4. The molecule has 0 aliphatic carbocycles. The van der Waals surface area contributed by atoms with Gasteiger partial charge in [0.15, 0.2) is 0 Å². The van der Waals surface area contributed by atoms with Crippen LogP contribution in [0.15, 0.2) is 83.8 Å². The van der Waals surface area contributed by atoms with E-state index < -0.39 is 28.5 Å². The Hall–Kier alpha value is -3.65. The van der Waals surface area contributed by atoms with Crippen molar-refractivity contribution in [3.05, 3.63) is 95.6 Å². The van der Waals surface area contributed by atoms with E-state index in [1.54, 1.807) is 36.4 Å². The van der Waals surface area contributed by atoms with Gasteiger partial charge in [0.1, 0.15) is 12.6 Å². The van der Waals surface area contributed by atoms with Gasteiger partial charge >= 0.3 is 0 Å². The molecule has 0 aromatic heterocycles. The van der Waals surface area contributed by atoms with Crippen LogP contribution in [0, 0.1) is 13.8 Å². The third-order valence-electron chi connectivity index (χ3n) is 6.85. The van der Waals surface area contributed by atoms with Crippen molar-refractivity contribution in [3.63, 3.8) is 0 Å². The number of benzene rings is 3. The van der Waals surface area contributed by atoms with Gasteiger partial charge in [-0.15, -0.1) is 0 Å². The van der Waals surface area contributed by atoms with Crippen LogP contribution in [0.25, 0.3) is 0 Å². The highest BCUT2D eigenvalue weighted by molar-refractivity contribution is 7.92. The normalized spacial score (nSPS) is 12.8. The molecule has 0 fully saturated rings. The summed E-state index contributed by atoms with van der Waals surface area (Å²) in [7, 11) is -4.09. The van der Waals surface area contributed by atoms with Crippen molar-refractivity contribution in [1.29, 1.82) is 0 Å². The van der Waals surface area contributed by atoms with Crippen molar-refractivity contribution in [2.45, 2.75) is 71.0 Å². The Labute approximate surface area is 232 Å². The van der Waals surface area contributed by atoms with Gasteiger partial charge in [-0.05, 0) is 62.9 Å². The molecule has 3 rings (SSSR count). The van der Waals surface area contributed by atoms with Gasteiger partial charge in [-0.25, -0.2) is 8.42 Å². The van der Waals surface area contributed by atoms with Crippen LogP contribution in [-0.2, 0) is 26.2 Å². The van der Waals surface area contributed by atoms with Gasteiger partial charge in [0, 0.05) is 12.6 Å². The number of rotatable bonds is 12. The minimum absolute atomic E-state index is 0.0504. The number of carbonyl (C=O) groups is 2. The van der Waals surface area contributed by atoms with Gasteiger partial charge in [-0.1, -0.05) is 80.1 Å². The summed E-state index contributed by atoms with van der Waals surface area (Å²) in [4.78, 5) is 29.0. The van der Waals surface area contributed by atoms with Gasteiger partial charge in [-0.3, -0.25) is 13.9 Å². The number of hydrogen-bond acceptors (Lipinski definition) is 4. The Morgan fingerprint density at radius 1 is 0.846 bits per heavy atom. The molecule has 0 saturated carbocycles. The number of hydrogen-bond donors (Lipinski definition) is 1. The van der Waals surface area contributed by atoms with Crippen LogP contribution in [0.2, 0.25) is 0 Å².